The topological polar surface area (TPSA) is 126 Å². The Morgan fingerprint density at radius 1 is 1.07 bits per heavy atom. The van der Waals surface area contributed by atoms with Crippen LogP contribution < -0.4 is 11.1 Å². The third-order valence-electron chi connectivity index (χ3n) is 8.01. The lowest BCUT2D eigenvalue weighted by atomic mass is 9.96. The number of halogens is 2. The third-order valence-corrected chi connectivity index (χ3v) is 8.01. The maximum atomic E-state index is 13.8. The highest BCUT2D eigenvalue weighted by Gasteiger charge is 2.41. The van der Waals surface area contributed by atoms with Gasteiger partial charge in [0.15, 0.2) is 0 Å². The highest BCUT2D eigenvalue weighted by molar-refractivity contribution is 5.91. The second-order valence-electron chi connectivity index (χ2n) is 11.1. The van der Waals surface area contributed by atoms with Gasteiger partial charge in [-0.05, 0) is 73.4 Å². The number of benzene rings is 2. The van der Waals surface area contributed by atoms with Gasteiger partial charge in [0.05, 0.1) is 11.6 Å². The van der Waals surface area contributed by atoms with Crippen molar-refractivity contribution in [2.24, 2.45) is 18.7 Å². The summed E-state index contributed by atoms with van der Waals surface area (Å²) in [6.45, 7) is 1.89. The molecule has 218 valence electrons. The molecule has 0 spiro atoms. The van der Waals surface area contributed by atoms with E-state index in [2.05, 4.69) is 15.6 Å². The van der Waals surface area contributed by atoms with E-state index < -0.39 is 29.6 Å². The van der Waals surface area contributed by atoms with E-state index in [1.807, 2.05) is 18.2 Å². The largest absolute Gasteiger partial charge is 0.350 e. The van der Waals surface area contributed by atoms with E-state index in [9.17, 15) is 23.2 Å². The number of carbonyl (C=O) groups is 3. The summed E-state index contributed by atoms with van der Waals surface area (Å²) < 4.78 is 29.3. The van der Waals surface area contributed by atoms with Crippen molar-refractivity contribution in [1.29, 1.82) is 0 Å². The molecule has 41 heavy (non-hydrogen) atoms. The van der Waals surface area contributed by atoms with Crippen LogP contribution in [0, 0.1) is 17.6 Å². The fourth-order valence-corrected chi connectivity index (χ4v) is 5.87. The SMILES string of the molecule is Cn1nnc2cc(CNC(=O)[C@@H]3C[C@@H](Cc4cc(F)cc(F)c4)CN3C(=O)[C@H](N)CCC(=O)N3CCCC3)ccc21. The smallest absolute Gasteiger partial charge is 0.243 e. The molecule has 0 aliphatic carbocycles. The van der Waals surface area contributed by atoms with Gasteiger partial charge in [-0.1, -0.05) is 11.3 Å². The van der Waals surface area contributed by atoms with Crippen LogP contribution in [0.4, 0.5) is 8.78 Å². The molecule has 0 unspecified atom stereocenters. The van der Waals surface area contributed by atoms with E-state index >= 15 is 0 Å². The maximum Gasteiger partial charge on any atom is 0.243 e. The number of nitrogens with two attached hydrogens (primary N) is 1. The first-order valence-electron chi connectivity index (χ1n) is 14.0. The Morgan fingerprint density at radius 3 is 2.54 bits per heavy atom. The molecule has 12 heteroatoms. The standard InChI is InChI=1S/C29H35F2N7O3/c1-36-25-6-4-18(13-24(25)34-35-36)16-33-28(40)26-14-20(10-19-11-21(30)15-22(31)12-19)17-38(26)29(41)23(32)5-7-27(39)37-8-2-3-9-37/h4,6,11-13,15,20,23,26H,2-3,5,7-10,14,16-17,32H2,1H3,(H,33,40)/t20-,23-,26+/m1/s1. The van der Waals surface area contributed by atoms with Crippen molar-refractivity contribution in [3.63, 3.8) is 0 Å². The Hall–Kier alpha value is -3.93. The summed E-state index contributed by atoms with van der Waals surface area (Å²) in [5, 5.41) is 11.0. The zero-order valence-corrected chi connectivity index (χ0v) is 23.1. The van der Waals surface area contributed by atoms with Gasteiger partial charge >= 0.3 is 0 Å². The molecule has 3 atom stereocenters. The summed E-state index contributed by atoms with van der Waals surface area (Å²) in [5.74, 6) is -2.33. The normalized spacial score (nSPS) is 19.6. The van der Waals surface area contributed by atoms with Crippen LogP contribution in [-0.4, -0.2) is 74.2 Å². The minimum Gasteiger partial charge on any atom is -0.350 e. The van der Waals surface area contributed by atoms with E-state index in [-0.39, 0.29) is 43.7 Å². The van der Waals surface area contributed by atoms with Crippen LogP contribution in [-0.2, 0) is 34.4 Å². The van der Waals surface area contributed by atoms with E-state index in [0.717, 1.165) is 43.1 Å². The van der Waals surface area contributed by atoms with Gasteiger partial charge in [-0.25, -0.2) is 13.5 Å². The number of carbonyl (C=O) groups excluding carboxylic acids is 3. The average molecular weight is 568 g/mol. The molecule has 1 aromatic heterocycles. The number of likely N-dealkylation sites (tertiary alicyclic amines) is 2. The Morgan fingerprint density at radius 2 is 1.80 bits per heavy atom. The van der Waals surface area contributed by atoms with E-state index in [1.165, 1.54) is 17.0 Å². The van der Waals surface area contributed by atoms with E-state index in [0.29, 0.717) is 23.9 Å². The minimum absolute atomic E-state index is 0.0208. The number of nitrogens with one attached hydrogen (secondary N) is 1. The van der Waals surface area contributed by atoms with Crippen LogP contribution in [0.25, 0.3) is 11.0 Å². The van der Waals surface area contributed by atoms with Crippen molar-refractivity contribution < 1.29 is 23.2 Å². The zero-order chi connectivity index (χ0) is 29.1. The third kappa shape index (κ3) is 6.70. The van der Waals surface area contributed by atoms with Gasteiger partial charge in [0, 0.05) is 45.7 Å². The van der Waals surface area contributed by atoms with Crippen LogP contribution in [0.1, 0.15) is 43.2 Å². The van der Waals surface area contributed by atoms with Crippen molar-refractivity contribution in [2.75, 3.05) is 19.6 Å². The molecule has 3 amide bonds. The summed E-state index contributed by atoms with van der Waals surface area (Å²) in [4.78, 5) is 42.6. The molecule has 10 nitrogen and oxygen atoms in total. The molecule has 2 aliphatic rings. The Labute approximate surface area is 236 Å². The first-order chi connectivity index (χ1) is 19.7. The number of fused-ring (bicyclic) bond motifs is 1. The van der Waals surface area contributed by atoms with Crippen LogP contribution >= 0.6 is 0 Å². The van der Waals surface area contributed by atoms with Gasteiger partial charge in [-0.3, -0.25) is 14.4 Å². The summed E-state index contributed by atoms with van der Waals surface area (Å²) in [6.07, 6.45) is 2.91. The number of aromatic nitrogens is 3. The molecule has 5 rings (SSSR count). The van der Waals surface area contributed by atoms with Crippen LogP contribution in [0.3, 0.4) is 0 Å². The van der Waals surface area contributed by atoms with Gasteiger partial charge < -0.3 is 20.9 Å². The fourth-order valence-electron chi connectivity index (χ4n) is 5.87. The lowest BCUT2D eigenvalue weighted by Crippen LogP contribution is -2.51. The molecule has 0 radical (unpaired) electrons. The number of rotatable bonds is 9. The second-order valence-corrected chi connectivity index (χ2v) is 11.1. The number of hydrogen-bond acceptors (Lipinski definition) is 6. The van der Waals surface area contributed by atoms with Crippen molar-refractivity contribution in [1.82, 2.24) is 30.1 Å². The van der Waals surface area contributed by atoms with Crippen molar-refractivity contribution in [3.8, 4) is 0 Å². The Balaban J connectivity index is 1.26. The monoisotopic (exact) mass is 567 g/mol. The van der Waals surface area contributed by atoms with Gasteiger partial charge in [0.2, 0.25) is 17.7 Å². The van der Waals surface area contributed by atoms with E-state index in [1.54, 1.807) is 16.6 Å². The average Bonchev–Trinajstić information content (AvgIpc) is 3.70. The first kappa shape index (κ1) is 28.6. The maximum absolute atomic E-state index is 13.8. The highest BCUT2D eigenvalue weighted by atomic mass is 19.1. The molecule has 3 aromatic rings. The lowest BCUT2D eigenvalue weighted by molar-refractivity contribution is -0.140. The first-order valence-corrected chi connectivity index (χ1v) is 14.0. The zero-order valence-electron chi connectivity index (χ0n) is 23.1. The predicted octanol–water partition coefficient (Wildman–Crippen LogP) is 2.05. The van der Waals surface area contributed by atoms with E-state index in [4.69, 9.17) is 5.73 Å². The number of hydrogen-bond donors (Lipinski definition) is 2. The van der Waals surface area contributed by atoms with Crippen LogP contribution in [0.2, 0.25) is 0 Å². The van der Waals surface area contributed by atoms with Gasteiger partial charge in [0.1, 0.15) is 23.2 Å². The molecule has 2 aromatic carbocycles. The lowest BCUT2D eigenvalue weighted by Gasteiger charge is -2.27. The van der Waals surface area contributed by atoms with Crippen LogP contribution in [0.15, 0.2) is 36.4 Å². The van der Waals surface area contributed by atoms with Crippen molar-refractivity contribution in [3.05, 3.63) is 59.2 Å². The molecule has 2 aliphatic heterocycles. The predicted molar refractivity (Wildman–Crippen MR) is 147 cm³/mol. The number of amides is 3. The molecule has 0 saturated carbocycles. The highest BCUT2D eigenvalue weighted by Crippen LogP contribution is 2.28. The fraction of sp³-hybridized carbons (Fsp3) is 0.483. The summed E-state index contributed by atoms with van der Waals surface area (Å²) in [5.41, 5.74) is 9.10. The van der Waals surface area contributed by atoms with Gasteiger partial charge in [-0.15, -0.1) is 5.10 Å². The molecule has 3 N–H and O–H groups in total. The second kappa shape index (κ2) is 12.3. The Kier molecular flexibility index (Phi) is 8.57. The number of nitrogens with zero attached hydrogens (tertiary/aromatic N) is 5. The molecule has 3 heterocycles. The van der Waals surface area contributed by atoms with Crippen LogP contribution in [0.5, 0.6) is 0 Å². The summed E-state index contributed by atoms with van der Waals surface area (Å²) in [6, 6.07) is 7.19. The molecular formula is C29H35F2N7O3. The van der Waals surface area contributed by atoms with Crippen molar-refractivity contribution in [2.45, 2.75) is 57.2 Å². The summed E-state index contributed by atoms with van der Waals surface area (Å²) in [7, 11) is 1.80. The quantitative estimate of drug-likeness (QED) is 0.408. The number of aryl methyl sites for hydroxylation is 1. The molecule has 2 saturated heterocycles. The van der Waals surface area contributed by atoms with Crippen molar-refractivity contribution >= 4 is 28.8 Å². The van der Waals surface area contributed by atoms with Gasteiger partial charge in [-0.2, -0.15) is 0 Å². The van der Waals surface area contributed by atoms with Gasteiger partial charge in [0.25, 0.3) is 0 Å². The minimum atomic E-state index is -0.943. The molecular weight excluding hydrogens is 532 g/mol. The molecule has 0 bridgehead atoms. The Bertz CT molecular complexity index is 1420. The molecule has 2 fully saturated rings. The summed E-state index contributed by atoms with van der Waals surface area (Å²) >= 11 is 0.